The van der Waals surface area contributed by atoms with Crippen molar-refractivity contribution in [2.75, 3.05) is 0 Å². The highest BCUT2D eigenvalue weighted by Gasteiger charge is 2.21. The molecular formula is C16H12Cl2FNO. The first-order chi connectivity index (χ1) is 9.97. The Morgan fingerprint density at radius 1 is 1.14 bits per heavy atom. The fraction of sp³-hybridized carbons (Fsp3) is 0.125. The second kappa shape index (κ2) is 5.34. The van der Waals surface area contributed by atoms with Gasteiger partial charge in [-0.2, -0.15) is 0 Å². The number of hydrogen-bond donors (Lipinski definition) is 1. The summed E-state index contributed by atoms with van der Waals surface area (Å²) in [7, 11) is 0. The molecule has 21 heavy (non-hydrogen) atoms. The normalized spacial score (nSPS) is 12.8. The Morgan fingerprint density at radius 3 is 2.62 bits per heavy atom. The highest BCUT2D eigenvalue weighted by Crippen LogP contribution is 2.35. The van der Waals surface area contributed by atoms with Crippen molar-refractivity contribution in [1.82, 2.24) is 0 Å². The Labute approximate surface area is 131 Å². The Kier molecular flexibility index (Phi) is 3.66. The first-order valence-corrected chi connectivity index (χ1v) is 7.12. The Balaban J connectivity index is 2.13. The van der Waals surface area contributed by atoms with E-state index in [9.17, 15) is 4.39 Å². The van der Waals surface area contributed by atoms with Crippen molar-refractivity contribution in [3.8, 4) is 0 Å². The largest absolute Gasteiger partial charge is 0.459 e. The lowest BCUT2D eigenvalue weighted by atomic mass is 10.0. The highest BCUT2D eigenvalue weighted by atomic mass is 35.5. The van der Waals surface area contributed by atoms with E-state index in [2.05, 4.69) is 0 Å². The first kappa shape index (κ1) is 14.4. The van der Waals surface area contributed by atoms with Crippen molar-refractivity contribution < 1.29 is 8.81 Å². The summed E-state index contributed by atoms with van der Waals surface area (Å²) >= 11 is 12.1. The third kappa shape index (κ3) is 2.53. The van der Waals surface area contributed by atoms with Gasteiger partial charge in [0.25, 0.3) is 0 Å². The molecule has 0 amide bonds. The molecular weight excluding hydrogens is 312 g/mol. The molecule has 5 heteroatoms. The molecule has 0 radical (unpaired) electrons. The van der Waals surface area contributed by atoms with Crippen LogP contribution in [0.25, 0.3) is 11.0 Å². The number of halogens is 3. The second-order valence-corrected chi connectivity index (χ2v) is 5.72. The molecule has 108 valence electrons. The van der Waals surface area contributed by atoms with E-state index < -0.39 is 6.04 Å². The highest BCUT2D eigenvalue weighted by molar-refractivity contribution is 6.35. The summed E-state index contributed by atoms with van der Waals surface area (Å²) in [5.41, 5.74) is 8.38. The smallest absolute Gasteiger partial charge is 0.134 e. The molecule has 2 N–H and O–H groups in total. The van der Waals surface area contributed by atoms with E-state index >= 15 is 0 Å². The van der Waals surface area contributed by atoms with Crippen molar-refractivity contribution in [2.24, 2.45) is 5.73 Å². The van der Waals surface area contributed by atoms with Gasteiger partial charge in [0.2, 0.25) is 0 Å². The lowest BCUT2D eigenvalue weighted by Crippen LogP contribution is -2.12. The fourth-order valence-electron chi connectivity index (χ4n) is 2.40. The van der Waals surface area contributed by atoms with Crippen LogP contribution in [0.4, 0.5) is 4.39 Å². The van der Waals surface area contributed by atoms with E-state index in [-0.39, 0.29) is 5.82 Å². The molecule has 0 bridgehead atoms. The lowest BCUT2D eigenvalue weighted by molar-refractivity contribution is 0.520. The summed E-state index contributed by atoms with van der Waals surface area (Å²) in [5.74, 6) is 0.260. The molecule has 1 heterocycles. The molecule has 2 aromatic carbocycles. The summed E-state index contributed by atoms with van der Waals surface area (Å²) in [6.45, 7) is 1.85. The Morgan fingerprint density at radius 2 is 1.90 bits per heavy atom. The quantitative estimate of drug-likeness (QED) is 0.700. The van der Waals surface area contributed by atoms with Gasteiger partial charge in [0, 0.05) is 21.0 Å². The van der Waals surface area contributed by atoms with Crippen molar-refractivity contribution in [3.63, 3.8) is 0 Å². The third-order valence-corrected chi connectivity index (χ3v) is 4.08. The predicted molar refractivity (Wildman–Crippen MR) is 83.4 cm³/mol. The maximum atomic E-state index is 13.3. The minimum Gasteiger partial charge on any atom is -0.459 e. The summed E-state index contributed by atoms with van der Waals surface area (Å²) in [6.07, 6.45) is 0. The first-order valence-electron chi connectivity index (χ1n) is 6.36. The molecule has 1 atom stereocenters. The average Bonchev–Trinajstić information content (AvgIpc) is 2.75. The zero-order valence-corrected chi connectivity index (χ0v) is 12.7. The summed E-state index contributed by atoms with van der Waals surface area (Å²) < 4.78 is 19.1. The molecule has 0 aliphatic carbocycles. The zero-order chi connectivity index (χ0) is 15.1. The maximum absolute atomic E-state index is 13.3. The van der Waals surface area contributed by atoms with Crippen LogP contribution in [0.1, 0.15) is 22.9 Å². The van der Waals surface area contributed by atoms with Crippen molar-refractivity contribution in [3.05, 3.63) is 69.1 Å². The van der Waals surface area contributed by atoms with Gasteiger partial charge in [0.1, 0.15) is 17.2 Å². The molecule has 3 rings (SSSR count). The summed E-state index contributed by atoms with van der Waals surface area (Å²) in [4.78, 5) is 0. The SMILES string of the molecule is Cc1c(C(N)c2ccc(Cl)cc2Cl)oc2ccc(F)cc12. The predicted octanol–water partition coefficient (Wildman–Crippen LogP) is 5.24. The number of rotatable bonds is 2. The van der Waals surface area contributed by atoms with E-state index in [4.69, 9.17) is 33.4 Å². The molecule has 3 aromatic rings. The van der Waals surface area contributed by atoms with Gasteiger partial charge >= 0.3 is 0 Å². The van der Waals surface area contributed by atoms with Gasteiger partial charge < -0.3 is 10.2 Å². The van der Waals surface area contributed by atoms with Gasteiger partial charge in [0.15, 0.2) is 0 Å². The van der Waals surface area contributed by atoms with E-state index in [1.807, 2.05) is 6.92 Å². The molecule has 2 nitrogen and oxygen atoms in total. The van der Waals surface area contributed by atoms with Crippen molar-refractivity contribution in [1.29, 1.82) is 0 Å². The molecule has 0 saturated heterocycles. The van der Waals surface area contributed by atoms with Crippen molar-refractivity contribution >= 4 is 34.2 Å². The Hall–Kier alpha value is -1.55. The summed E-state index contributed by atoms with van der Waals surface area (Å²) in [6, 6.07) is 8.98. The van der Waals surface area contributed by atoms with E-state index in [1.54, 1.807) is 24.3 Å². The molecule has 0 fully saturated rings. The number of benzene rings is 2. The lowest BCUT2D eigenvalue weighted by Gasteiger charge is -2.12. The van der Waals surface area contributed by atoms with Gasteiger partial charge in [-0.15, -0.1) is 0 Å². The number of aryl methyl sites for hydroxylation is 1. The Bertz CT molecular complexity index is 829. The molecule has 0 aliphatic rings. The monoisotopic (exact) mass is 323 g/mol. The maximum Gasteiger partial charge on any atom is 0.134 e. The number of fused-ring (bicyclic) bond motifs is 1. The molecule has 0 saturated carbocycles. The molecule has 0 spiro atoms. The minimum atomic E-state index is -0.537. The standard InChI is InChI=1S/C16H12Cl2FNO/c1-8-12-7-10(19)3-5-14(12)21-16(8)15(20)11-4-2-9(17)6-13(11)18/h2-7,15H,20H2,1H3. The van der Waals surface area contributed by atoms with Crippen molar-refractivity contribution in [2.45, 2.75) is 13.0 Å². The number of hydrogen-bond acceptors (Lipinski definition) is 2. The van der Waals surface area contributed by atoms with Gasteiger partial charge in [-0.1, -0.05) is 29.3 Å². The third-order valence-electron chi connectivity index (χ3n) is 3.52. The van der Waals surface area contributed by atoms with Crippen LogP contribution in [0.3, 0.4) is 0 Å². The number of nitrogens with two attached hydrogens (primary N) is 1. The van der Waals surface area contributed by atoms with Gasteiger partial charge in [0.05, 0.1) is 6.04 Å². The molecule has 1 aromatic heterocycles. The molecule has 1 unspecified atom stereocenters. The van der Waals surface area contributed by atoms with Crippen LogP contribution in [0.2, 0.25) is 10.0 Å². The van der Waals surface area contributed by atoms with Gasteiger partial charge in [-0.05, 0) is 42.8 Å². The van der Waals surface area contributed by atoms with Crippen LogP contribution in [-0.4, -0.2) is 0 Å². The van der Waals surface area contributed by atoms with E-state index in [1.165, 1.54) is 12.1 Å². The van der Waals surface area contributed by atoms with Crippen LogP contribution < -0.4 is 5.73 Å². The van der Waals surface area contributed by atoms with E-state index in [0.29, 0.717) is 32.3 Å². The summed E-state index contributed by atoms with van der Waals surface area (Å²) in [5, 5.41) is 1.73. The van der Waals surface area contributed by atoms with Gasteiger partial charge in [-0.25, -0.2) is 4.39 Å². The number of furan rings is 1. The van der Waals surface area contributed by atoms with E-state index in [0.717, 1.165) is 5.56 Å². The minimum absolute atomic E-state index is 0.309. The second-order valence-electron chi connectivity index (χ2n) is 4.88. The topological polar surface area (TPSA) is 39.2 Å². The van der Waals surface area contributed by atoms with Gasteiger partial charge in [-0.3, -0.25) is 0 Å². The van der Waals surface area contributed by atoms with Crippen LogP contribution in [0, 0.1) is 12.7 Å². The van der Waals surface area contributed by atoms with Crippen LogP contribution >= 0.6 is 23.2 Å². The molecule has 0 aliphatic heterocycles. The fourth-order valence-corrected chi connectivity index (χ4v) is 2.93. The van der Waals surface area contributed by atoms with Crippen LogP contribution in [0.15, 0.2) is 40.8 Å². The zero-order valence-electron chi connectivity index (χ0n) is 11.2. The van der Waals surface area contributed by atoms with Crippen LogP contribution in [-0.2, 0) is 0 Å². The van der Waals surface area contributed by atoms with Crippen LogP contribution in [0.5, 0.6) is 0 Å². The average molecular weight is 324 g/mol.